The summed E-state index contributed by atoms with van der Waals surface area (Å²) in [4.78, 5) is 4.75. The van der Waals surface area contributed by atoms with Crippen molar-refractivity contribution in [2.45, 2.75) is 41.5 Å². The molecule has 0 unspecified atom stereocenters. The van der Waals surface area contributed by atoms with Crippen LogP contribution in [0.2, 0.25) is 0 Å². The summed E-state index contributed by atoms with van der Waals surface area (Å²) in [5, 5.41) is 0. The first-order valence-corrected chi connectivity index (χ1v) is 21.6. The van der Waals surface area contributed by atoms with Crippen LogP contribution in [0.3, 0.4) is 0 Å². The Morgan fingerprint density at radius 1 is 0.242 bits per heavy atom. The van der Waals surface area contributed by atoms with Gasteiger partial charge in [-0.2, -0.15) is 0 Å². The molecule has 0 radical (unpaired) electrons. The first-order valence-electron chi connectivity index (χ1n) is 21.6. The number of benzene rings is 9. The summed E-state index contributed by atoms with van der Waals surface area (Å²) in [6, 6.07) is 75.3. The highest BCUT2D eigenvalue weighted by atomic mass is 15.1. The van der Waals surface area contributed by atoms with E-state index in [0.717, 1.165) is 22.7 Å². The Morgan fingerprint density at radius 2 is 0.532 bits per heavy atom. The molecule has 2 heteroatoms. The van der Waals surface area contributed by atoms with Crippen molar-refractivity contribution in [1.29, 1.82) is 0 Å². The molecule has 0 heterocycles. The van der Waals surface area contributed by atoms with E-state index in [2.05, 4.69) is 258 Å². The molecule has 0 atom stereocenters. The van der Waals surface area contributed by atoms with Crippen LogP contribution in [-0.2, 0) is 0 Å². The minimum Gasteiger partial charge on any atom is -0.310 e. The third-order valence-corrected chi connectivity index (χ3v) is 12.1. The Balaban J connectivity index is 1.01. The van der Waals surface area contributed by atoms with Crippen molar-refractivity contribution in [3.8, 4) is 44.5 Å². The van der Waals surface area contributed by atoms with E-state index in [9.17, 15) is 0 Å². The van der Waals surface area contributed by atoms with Gasteiger partial charge in [0.25, 0.3) is 0 Å². The topological polar surface area (TPSA) is 6.48 Å². The summed E-state index contributed by atoms with van der Waals surface area (Å²) in [5.41, 5.74) is 24.1. The molecule has 0 aliphatic heterocycles. The molecular formula is C60H52N2. The lowest BCUT2D eigenvalue weighted by molar-refractivity contribution is 1.24. The largest absolute Gasteiger partial charge is 0.310 e. The molecule has 2 nitrogen and oxygen atoms in total. The molecule has 0 aliphatic carbocycles. The fourth-order valence-corrected chi connectivity index (χ4v) is 8.85. The van der Waals surface area contributed by atoms with Crippen molar-refractivity contribution in [2.75, 3.05) is 9.80 Å². The molecule has 0 saturated carbocycles. The second-order valence-electron chi connectivity index (χ2n) is 16.7. The van der Waals surface area contributed by atoms with Gasteiger partial charge in [-0.3, -0.25) is 0 Å². The molecular weight excluding hydrogens is 749 g/mol. The third kappa shape index (κ3) is 8.20. The first-order chi connectivity index (χ1) is 30.2. The molecule has 0 fully saturated rings. The van der Waals surface area contributed by atoms with Gasteiger partial charge in [0, 0.05) is 34.1 Å². The molecule has 0 aliphatic rings. The highest BCUT2D eigenvalue weighted by molar-refractivity contribution is 5.85. The number of nitrogens with zero attached hydrogens (tertiary/aromatic N) is 2. The SMILES string of the molecule is Cc1ccc(N(c2ccc(-c3ccccc3)cc2)c2ccc(-c3cc(C)c(-c4ccc(N(c5ccc(-c6ccccc6)cc5)c5ccc(C)cc5C)cc4)cc3C)cc2)c(C)c1. The molecule has 0 aromatic heterocycles. The second kappa shape index (κ2) is 17.3. The van der Waals surface area contributed by atoms with Gasteiger partial charge >= 0.3 is 0 Å². The zero-order valence-electron chi connectivity index (χ0n) is 36.5. The highest BCUT2D eigenvalue weighted by Crippen LogP contribution is 2.42. The molecule has 9 rings (SSSR count). The molecule has 0 saturated heterocycles. The first kappa shape index (κ1) is 40.0. The Hall–Kier alpha value is -7.42. The average Bonchev–Trinajstić information content (AvgIpc) is 3.30. The standard InChI is InChI=1S/C60H52N2/c1-41-17-35-59(45(5)37-41)61(53-27-19-49(20-28-53)47-13-9-7-10-14-47)55-31-23-51(24-32-55)57-39-44(4)58(40-43(57)3)52-25-33-56(34-26-52)62(60-36-18-42(2)38-46(60)6)54-29-21-50(22-30-54)48-15-11-8-12-16-48/h7-40H,1-6H3. The van der Waals surface area contributed by atoms with Crippen LogP contribution in [0.1, 0.15) is 33.4 Å². The van der Waals surface area contributed by atoms with Crippen molar-refractivity contribution in [2.24, 2.45) is 0 Å². The van der Waals surface area contributed by atoms with Gasteiger partial charge < -0.3 is 9.80 Å². The van der Waals surface area contributed by atoms with Crippen LogP contribution in [0.25, 0.3) is 44.5 Å². The van der Waals surface area contributed by atoms with Crippen LogP contribution in [-0.4, -0.2) is 0 Å². The van der Waals surface area contributed by atoms with Crippen LogP contribution >= 0.6 is 0 Å². The van der Waals surface area contributed by atoms with Crippen LogP contribution in [0.15, 0.2) is 206 Å². The molecule has 302 valence electrons. The van der Waals surface area contributed by atoms with Gasteiger partial charge in [-0.1, -0.05) is 157 Å². The van der Waals surface area contributed by atoms with Crippen LogP contribution in [0.5, 0.6) is 0 Å². The maximum Gasteiger partial charge on any atom is 0.0490 e. The van der Waals surface area contributed by atoms with Gasteiger partial charge in [0.05, 0.1) is 0 Å². The number of hydrogen-bond acceptors (Lipinski definition) is 2. The van der Waals surface area contributed by atoms with E-state index in [0.29, 0.717) is 0 Å². The second-order valence-corrected chi connectivity index (χ2v) is 16.7. The predicted molar refractivity (Wildman–Crippen MR) is 266 cm³/mol. The van der Waals surface area contributed by atoms with Gasteiger partial charge in [-0.05, 0) is 169 Å². The summed E-state index contributed by atoms with van der Waals surface area (Å²) in [6.07, 6.45) is 0. The van der Waals surface area contributed by atoms with E-state index in [-0.39, 0.29) is 0 Å². The summed E-state index contributed by atoms with van der Waals surface area (Å²) in [5.74, 6) is 0. The minimum atomic E-state index is 1.13. The van der Waals surface area contributed by atoms with Crippen LogP contribution in [0.4, 0.5) is 34.1 Å². The molecule has 9 aromatic carbocycles. The third-order valence-electron chi connectivity index (χ3n) is 12.1. The van der Waals surface area contributed by atoms with Crippen molar-refractivity contribution in [1.82, 2.24) is 0 Å². The van der Waals surface area contributed by atoms with Gasteiger partial charge in [-0.25, -0.2) is 0 Å². The van der Waals surface area contributed by atoms with Crippen molar-refractivity contribution >= 4 is 34.1 Å². The lowest BCUT2D eigenvalue weighted by Gasteiger charge is -2.28. The summed E-state index contributed by atoms with van der Waals surface area (Å²) in [7, 11) is 0. The smallest absolute Gasteiger partial charge is 0.0490 e. The molecule has 9 aromatic rings. The van der Waals surface area contributed by atoms with E-state index in [1.807, 2.05) is 0 Å². The Morgan fingerprint density at radius 3 is 0.839 bits per heavy atom. The lowest BCUT2D eigenvalue weighted by Crippen LogP contribution is -2.11. The highest BCUT2D eigenvalue weighted by Gasteiger charge is 2.18. The van der Waals surface area contributed by atoms with E-state index in [1.165, 1.54) is 89.3 Å². The Bertz CT molecular complexity index is 2760. The van der Waals surface area contributed by atoms with Gasteiger partial charge in [0.15, 0.2) is 0 Å². The normalized spacial score (nSPS) is 11.1. The fourth-order valence-electron chi connectivity index (χ4n) is 8.85. The Labute approximate surface area is 368 Å². The van der Waals surface area contributed by atoms with Crippen LogP contribution < -0.4 is 9.80 Å². The molecule has 0 amide bonds. The fraction of sp³-hybridized carbons (Fsp3) is 0.100. The number of hydrogen-bond donors (Lipinski definition) is 0. The zero-order valence-corrected chi connectivity index (χ0v) is 36.5. The van der Waals surface area contributed by atoms with Crippen LogP contribution in [0, 0.1) is 41.5 Å². The molecule has 0 spiro atoms. The van der Waals surface area contributed by atoms with E-state index < -0.39 is 0 Å². The number of rotatable bonds is 10. The Kier molecular flexibility index (Phi) is 11.2. The monoisotopic (exact) mass is 800 g/mol. The van der Waals surface area contributed by atoms with E-state index >= 15 is 0 Å². The van der Waals surface area contributed by atoms with Crippen molar-refractivity contribution < 1.29 is 0 Å². The van der Waals surface area contributed by atoms with E-state index in [1.54, 1.807) is 0 Å². The lowest BCUT2D eigenvalue weighted by atomic mass is 9.91. The summed E-state index contributed by atoms with van der Waals surface area (Å²) in [6.45, 7) is 13.2. The summed E-state index contributed by atoms with van der Waals surface area (Å²) < 4.78 is 0. The number of aryl methyl sites for hydroxylation is 6. The van der Waals surface area contributed by atoms with Gasteiger partial charge in [0.2, 0.25) is 0 Å². The number of anilines is 6. The van der Waals surface area contributed by atoms with Crippen molar-refractivity contribution in [3.05, 3.63) is 240 Å². The van der Waals surface area contributed by atoms with E-state index in [4.69, 9.17) is 0 Å². The average molecular weight is 801 g/mol. The van der Waals surface area contributed by atoms with Crippen molar-refractivity contribution in [3.63, 3.8) is 0 Å². The van der Waals surface area contributed by atoms with Gasteiger partial charge in [0.1, 0.15) is 0 Å². The zero-order chi connectivity index (χ0) is 42.7. The quantitative estimate of drug-likeness (QED) is 0.136. The molecule has 0 N–H and O–H groups in total. The maximum atomic E-state index is 2.37. The minimum absolute atomic E-state index is 1.13. The predicted octanol–water partition coefficient (Wildman–Crippen LogP) is 17.1. The van der Waals surface area contributed by atoms with Gasteiger partial charge in [-0.15, -0.1) is 0 Å². The maximum absolute atomic E-state index is 2.37. The molecule has 0 bridgehead atoms. The summed E-state index contributed by atoms with van der Waals surface area (Å²) >= 11 is 0. The molecule has 62 heavy (non-hydrogen) atoms.